The van der Waals surface area contributed by atoms with Gasteiger partial charge in [-0.2, -0.15) is 0 Å². The van der Waals surface area contributed by atoms with Crippen LogP contribution in [0.5, 0.6) is 0 Å². The number of carboxylic acids is 1. The van der Waals surface area contributed by atoms with Gasteiger partial charge in [0.25, 0.3) is 0 Å². The summed E-state index contributed by atoms with van der Waals surface area (Å²) in [6.45, 7) is 1.65. The van der Waals surface area contributed by atoms with Gasteiger partial charge in [0.2, 0.25) is 0 Å². The fourth-order valence-electron chi connectivity index (χ4n) is 2.23. The highest BCUT2D eigenvalue weighted by Gasteiger charge is 2.18. The third kappa shape index (κ3) is 2.30. The molecule has 5 nitrogen and oxygen atoms in total. The summed E-state index contributed by atoms with van der Waals surface area (Å²) < 4.78 is 11.0. The van der Waals surface area contributed by atoms with Crippen LogP contribution in [0.25, 0.3) is 10.9 Å². The lowest BCUT2D eigenvalue weighted by molar-refractivity contribution is -0.0901. The molecular weight excluding hydrogens is 246 g/mol. The van der Waals surface area contributed by atoms with E-state index in [-0.39, 0.29) is 11.7 Å². The van der Waals surface area contributed by atoms with Crippen molar-refractivity contribution in [2.75, 3.05) is 19.8 Å². The molecule has 1 aromatic heterocycles. The molecule has 1 unspecified atom stereocenters. The SMILES string of the molecule is O=C(O)c1ccnc2ccc(C3COCCO3)cc12. The van der Waals surface area contributed by atoms with Gasteiger partial charge in [-0.25, -0.2) is 4.79 Å². The lowest BCUT2D eigenvalue weighted by atomic mass is 10.0. The van der Waals surface area contributed by atoms with Gasteiger partial charge in [0.05, 0.1) is 30.9 Å². The van der Waals surface area contributed by atoms with Crippen molar-refractivity contribution in [1.82, 2.24) is 4.98 Å². The number of aromatic nitrogens is 1. The normalized spacial score (nSPS) is 19.5. The molecule has 0 amide bonds. The predicted octanol–water partition coefficient (Wildman–Crippen LogP) is 2.02. The number of ether oxygens (including phenoxy) is 2. The van der Waals surface area contributed by atoms with E-state index in [1.165, 1.54) is 12.3 Å². The minimum Gasteiger partial charge on any atom is -0.478 e. The molecule has 1 aromatic carbocycles. The number of aromatic carboxylic acids is 1. The molecular formula is C14H13NO4. The summed E-state index contributed by atoms with van der Waals surface area (Å²) in [6.07, 6.45) is 1.37. The maximum Gasteiger partial charge on any atom is 0.336 e. The molecule has 19 heavy (non-hydrogen) atoms. The molecule has 0 saturated carbocycles. The Labute approximate surface area is 109 Å². The van der Waals surface area contributed by atoms with Crippen LogP contribution in [-0.4, -0.2) is 35.9 Å². The fourth-order valence-corrected chi connectivity index (χ4v) is 2.23. The second kappa shape index (κ2) is 4.95. The molecule has 0 spiro atoms. The van der Waals surface area contributed by atoms with Crippen molar-refractivity contribution >= 4 is 16.9 Å². The summed E-state index contributed by atoms with van der Waals surface area (Å²) >= 11 is 0. The zero-order valence-corrected chi connectivity index (χ0v) is 10.2. The first kappa shape index (κ1) is 12.1. The molecule has 3 rings (SSSR count). The number of carboxylic acid groups (broad SMARTS) is 1. The van der Waals surface area contributed by atoms with Crippen LogP contribution in [0.3, 0.4) is 0 Å². The van der Waals surface area contributed by atoms with E-state index in [0.29, 0.717) is 30.7 Å². The minimum atomic E-state index is -0.953. The molecule has 1 saturated heterocycles. The predicted molar refractivity (Wildman–Crippen MR) is 68.2 cm³/mol. The number of rotatable bonds is 2. The largest absolute Gasteiger partial charge is 0.478 e. The van der Waals surface area contributed by atoms with Crippen LogP contribution in [0.4, 0.5) is 0 Å². The summed E-state index contributed by atoms with van der Waals surface area (Å²) in [6, 6.07) is 7.05. The van der Waals surface area contributed by atoms with Gasteiger partial charge < -0.3 is 14.6 Å². The van der Waals surface area contributed by atoms with Gasteiger partial charge in [0.1, 0.15) is 6.10 Å². The lowest BCUT2D eigenvalue weighted by Gasteiger charge is -2.23. The number of hydrogen-bond donors (Lipinski definition) is 1. The number of hydrogen-bond acceptors (Lipinski definition) is 4. The molecule has 0 bridgehead atoms. The molecule has 1 aliphatic heterocycles. The van der Waals surface area contributed by atoms with Crippen molar-refractivity contribution < 1.29 is 19.4 Å². The fraction of sp³-hybridized carbons (Fsp3) is 0.286. The molecule has 1 N–H and O–H groups in total. The second-order valence-electron chi connectivity index (χ2n) is 4.37. The number of benzene rings is 1. The van der Waals surface area contributed by atoms with E-state index in [2.05, 4.69) is 4.98 Å². The zero-order chi connectivity index (χ0) is 13.2. The number of fused-ring (bicyclic) bond motifs is 1. The molecule has 0 aliphatic carbocycles. The van der Waals surface area contributed by atoms with E-state index in [4.69, 9.17) is 9.47 Å². The minimum absolute atomic E-state index is 0.139. The van der Waals surface area contributed by atoms with Crippen LogP contribution in [0.1, 0.15) is 22.0 Å². The quantitative estimate of drug-likeness (QED) is 0.893. The van der Waals surface area contributed by atoms with Gasteiger partial charge in [0.15, 0.2) is 0 Å². The molecule has 2 aromatic rings. The number of nitrogens with zero attached hydrogens (tertiary/aromatic N) is 1. The Kier molecular flexibility index (Phi) is 3.15. The maximum atomic E-state index is 11.2. The summed E-state index contributed by atoms with van der Waals surface area (Å²) in [5.41, 5.74) is 1.84. The Morgan fingerprint density at radius 3 is 2.95 bits per heavy atom. The smallest absolute Gasteiger partial charge is 0.336 e. The van der Waals surface area contributed by atoms with E-state index in [1.54, 1.807) is 0 Å². The first-order valence-electron chi connectivity index (χ1n) is 6.07. The van der Waals surface area contributed by atoms with Crippen LogP contribution in [-0.2, 0) is 9.47 Å². The van der Waals surface area contributed by atoms with Crippen LogP contribution in [0, 0.1) is 0 Å². The Balaban J connectivity index is 2.08. The standard InChI is InChI=1S/C14H13NO4/c16-14(17)10-3-4-15-12-2-1-9(7-11(10)12)13-8-18-5-6-19-13/h1-4,7,13H,5-6,8H2,(H,16,17). The van der Waals surface area contributed by atoms with Crippen molar-refractivity contribution in [3.63, 3.8) is 0 Å². The first-order chi connectivity index (χ1) is 9.25. The average Bonchev–Trinajstić information content (AvgIpc) is 2.47. The molecule has 98 valence electrons. The Morgan fingerprint density at radius 2 is 2.21 bits per heavy atom. The van der Waals surface area contributed by atoms with Crippen molar-refractivity contribution in [2.45, 2.75) is 6.10 Å². The second-order valence-corrected chi connectivity index (χ2v) is 4.37. The van der Waals surface area contributed by atoms with Gasteiger partial charge in [-0.1, -0.05) is 6.07 Å². The highest BCUT2D eigenvalue weighted by Crippen LogP contribution is 2.25. The topological polar surface area (TPSA) is 68.7 Å². The highest BCUT2D eigenvalue weighted by atomic mass is 16.6. The van der Waals surface area contributed by atoms with E-state index in [1.807, 2.05) is 18.2 Å². The molecule has 2 heterocycles. The summed E-state index contributed by atoms with van der Waals surface area (Å²) in [7, 11) is 0. The lowest BCUT2D eigenvalue weighted by Crippen LogP contribution is -2.21. The number of carbonyl (C=O) groups is 1. The van der Waals surface area contributed by atoms with E-state index < -0.39 is 5.97 Å². The van der Waals surface area contributed by atoms with Crippen LogP contribution in [0.2, 0.25) is 0 Å². The average molecular weight is 259 g/mol. The van der Waals surface area contributed by atoms with Gasteiger partial charge in [-0.05, 0) is 23.8 Å². The molecule has 5 heteroatoms. The van der Waals surface area contributed by atoms with Crippen LogP contribution < -0.4 is 0 Å². The Hall–Kier alpha value is -1.98. The Bertz CT molecular complexity index is 620. The molecule has 1 fully saturated rings. The van der Waals surface area contributed by atoms with Crippen molar-refractivity contribution in [1.29, 1.82) is 0 Å². The van der Waals surface area contributed by atoms with Crippen LogP contribution in [0.15, 0.2) is 30.5 Å². The van der Waals surface area contributed by atoms with Gasteiger partial charge in [-0.15, -0.1) is 0 Å². The molecule has 0 radical (unpaired) electrons. The van der Waals surface area contributed by atoms with Crippen molar-refractivity contribution in [2.24, 2.45) is 0 Å². The molecule has 1 aliphatic rings. The highest BCUT2D eigenvalue weighted by molar-refractivity contribution is 6.02. The summed E-state index contributed by atoms with van der Waals surface area (Å²) in [5.74, 6) is -0.953. The summed E-state index contributed by atoms with van der Waals surface area (Å²) in [5, 5.41) is 9.83. The molecule has 1 atom stereocenters. The van der Waals surface area contributed by atoms with Gasteiger partial charge >= 0.3 is 5.97 Å². The van der Waals surface area contributed by atoms with Gasteiger partial charge in [-0.3, -0.25) is 4.98 Å². The van der Waals surface area contributed by atoms with Crippen molar-refractivity contribution in [3.8, 4) is 0 Å². The number of pyridine rings is 1. The van der Waals surface area contributed by atoms with E-state index in [0.717, 1.165) is 5.56 Å². The first-order valence-corrected chi connectivity index (χ1v) is 6.07. The van der Waals surface area contributed by atoms with E-state index >= 15 is 0 Å². The van der Waals surface area contributed by atoms with Crippen molar-refractivity contribution in [3.05, 3.63) is 41.6 Å². The van der Waals surface area contributed by atoms with Crippen LogP contribution >= 0.6 is 0 Å². The van der Waals surface area contributed by atoms with Gasteiger partial charge in [0, 0.05) is 11.6 Å². The summed E-state index contributed by atoms with van der Waals surface area (Å²) in [4.78, 5) is 15.4. The third-order valence-corrected chi connectivity index (χ3v) is 3.18. The maximum absolute atomic E-state index is 11.2. The Morgan fingerprint density at radius 1 is 1.32 bits per heavy atom. The monoisotopic (exact) mass is 259 g/mol. The van der Waals surface area contributed by atoms with E-state index in [9.17, 15) is 9.90 Å². The zero-order valence-electron chi connectivity index (χ0n) is 10.2. The third-order valence-electron chi connectivity index (χ3n) is 3.18.